The summed E-state index contributed by atoms with van der Waals surface area (Å²) in [6, 6.07) is 2.12. The normalized spacial score (nSPS) is 20.9. The van der Waals surface area contributed by atoms with Crippen molar-refractivity contribution in [3.8, 4) is 0 Å². The number of hydrogen-bond acceptors (Lipinski definition) is 3. The lowest BCUT2D eigenvalue weighted by molar-refractivity contribution is -0.125. The number of esters is 1. The van der Waals surface area contributed by atoms with E-state index in [1.54, 1.807) is 0 Å². The molecule has 0 unspecified atom stereocenters. The van der Waals surface area contributed by atoms with E-state index in [1.807, 2.05) is 0 Å². The number of benzene rings is 1. The molecule has 1 saturated carbocycles. The summed E-state index contributed by atoms with van der Waals surface area (Å²) in [6.07, 6.45) is 4.25. The minimum absolute atomic E-state index is 0.0253. The van der Waals surface area contributed by atoms with Crippen LogP contribution in [0.25, 0.3) is 0 Å². The lowest BCUT2D eigenvalue weighted by Gasteiger charge is -2.29. The summed E-state index contributed by atoms with van der Waals surface area (Å²) in [5, 5.41) is 2.66. The predicted octanol–water partition coefficient (Wildman–Crippen LogP) is 3.98. The van der Waals surface area contributed by atoms with Gasteiger partial charge in [-0.05, 0) is 30.9 Å². The molecule has 7 heteroatoms. The predicted molar refractivity (Wildman–Crippen MR) is 86.3 cm³/mol. The quantitative estimate of drug-likeness (QED) is 0.651. The van der Waals surface area contributed by atoms with Crippen LogP contribution in [0, 0.1) is 11.7 Å². The molecule has 126 valence electrons. The largest absolute Gasteiger partial charge is 0.452 e. The zero-order valence-electron chi connectivity index (χ0n) is 12.7. The Labute approximate surface area is 144 Å². The van der Waals surface area contributed by atoms with Crippen molar-refractivity contribution < 1.29 is 18.7 Å². The van der Waals surface area contributed by atoms with Gasteiger partial charge in [-0.1, -0.05) is 43.0 Å². The fourth-order valence-electron chi connectivity index (χ4n) is 2.67. The van der Waals surface area contributed by atoms with Crippen molar-refractivity contribution in [2.24, 2.45) is 5.92 Å². The zero-order valence-corrected chi connectivity index (χ0v) is 14.2. The van der Waals surface area contributed by atoms with Crippen LogP contribution in [0.1, 0.15) is 43.0 Å². The van der Waals surface area contributed by atoms with Crippen LogP contribution < -0.4 is 5.32 Å². The zero-order chi connectivity index (χ0) is 17.0. The number of amides is 1. The number of halogens is 3. The van der Waals surface area contributed by atoms with Gasteiger partial charge in [0, 0.05) is 6.04 Å². The Hall–Kier alpha value is -1.33. The van der Waals surface area contributed by atoms with E-state index in [-0.39, 0.29) is 27.6 Å². The van der Waals surface area contributed by atoms with Gasteiger partial charge in [0.25, 0.3) is 5.91 Å². The fraction of sp³-hybridized carbons (Fsp3) is 0.500. The molecule has 0 aromatic heterocycles. The Morgan fingerprint density at radius 1 is 1.26 bits per heavy atom. The third kappa shape index (κ3) is 4.82. The van der Waals surface area contributed by atoms with Gasteiger partial charge >= 0.3 is 5.97 Å². The highest BCUT2D eigenvalue weighted by atomic mass is 35.5. The number of nitrogens with one attached hydrogen (secondary N) is 1. The lowest BCUT2D eigenvalue weighted by atomic mass is 9.86. The second-order valence-corrected chi connectivity index (χ2v) is 6.57. The van der Waals surface area contributed by atoms with E-state index in [1.165, 1.54) is 6.42 Å². The van der Waals surface area contributed by atoms with E-state index >= 15 is 0 Å². The first-order valence-corrected chi connectivity index (χ1v) is 8.25. The topological polar surface area (TPSA) is 55.4 Å². The molecular weight excluding hydrogens is 344 g/mol. The molecule has 1 fully saturated rings. The SMILES string of the molecule is C[C@H]1CCCC[C@H]1NC(=O)COC(=O)c1cc(F)c(Cl)cc1Cl. The molecule has 23 heavy (non-hydrogen) atoms. The van der Waals surface area contributed by atoms with Gasteiger partial charge in [-0.3, -0.25) is 4.79 Å². The van der Waals surface area contributed by atoms with E-state index < -0.39 is 18.4 Å². The van der Waals surface area contributed by atoms with Crippen LogP contribution in [-0.2, 0) is 9.53 Å². The maximum Gasteiger partial charge on any atom is 0.340 e. The minimum atomic E-state index is -0.864. The average Bonchev–Trinajstić information content (AvgIpc) is 2.51. The van der Waals surface area contributed by atoms with Crippen LogP contribution in [0.3, 0.4) is 0 Å². The van der Waals surface area contributed by atoms with Crippen molar-refractivity contribution in [3.63, 3.8) is 0 Å². The van der Waals surface area contributed by atoms with Crippen molar-refractivity contribution >= 4 is 35.1 Å². The highest BCUT2D eigenvalue weighted by molar-refractivity contribution is 6.36. The van der Waals surface area contributed by atoms with Gasteiger partial charge in [-0.15, -0.1) is 0 Å². The van der Waals surface area contributed by atoms with Gasteiger partial charge in [-0.25, -0.2) is 9.18 Å². The molecule has 1 aliphatic rings. The Kier molecular flexibility index (Phi) is 6.25. The Morgan fingerprint density at radius 3 is 2.65 bits per heavy atom. The molecule has 2 rings (SSSR count). The molecular formula is C16H18Cl2FNO3. The third-order valence-electron chi connectivity index (χ3n) is 4.02. The Balaban J connectivity index is 1.89. The van der Waals surface area contributed by atoms with E-state index in [0.29, 0.717) is 5.92 Å². The number of rotatable bonds is 4. The second kappa shape index (κ2) is 7.97. The summed E-state index contributed by atoms with van der Waals surface area (Å²) in [5.41, 5.74) is -0.160. The molecule has 0 spiro atoms. The molecule has 1 aromatic rings. The number of hydrogen-bond donors (Lipinski definition) is 1. The second-order valence-electron chi connectivity index (χ2n) is 5.76. The van der Waals surface area contributed by atoms with Crippen LogP contribution in [0.15, 0.2) is 12.1 Å². The Bertz CT molecular complexity index is 609. The van der Waals surface area contributed by atoms with Crippen LogP contribution in [-0.4, -0.2) is 24.5 Å². The molecule has 1 aliphatic carbocycles. The van der Waals surface area contributed by atoms with Gasteiger partial charge in [0.1, 0.15) is 5.82 Å². The molecule has 0 saturated heterocycles. The molecule has 1 amide bonds. The van der Waals surface area contributed by atoms with Gasteiger partial charge in [0.15, 0.2) is 6.61 Å². The first-order valence-electron chi connectivity index (χ1n) is 7.49. The maximum atomic E-state index is 13.4. The van der Waals surface area contributed by atoms with Gasteiger partial charge < -0.3 is 10.1 Å². The molecule has 1 aromatic carbocycles. The summed E-state index contributed by atoms with van der Waals surface area (Å²) in [4.78, 5) is 23.8. The van der Waals surface area contributed by atoms with Gasteiger partial charge in [0.05, 0.1) is 15.6 Å². The fourth-order valence-corrected chi connectivity index (χ4v) is 3.13. The number of carbonyl (C=O) groups excluding carboxylic acids is 2. The van der Waals surface area contributed by atoms with Crippen molar-refractivity contribution in [1.82, 2.24) is 5.32 Å². The maximum absolute atomic E-state index is 13.4. The Morgan fingerprint density at radius 2 is 1.96 bits per heavy atom. The number of carbonyl (C=O) groups is 2. The van der Waals surface area contributed by atoms with Crippen LogP contribution in [0.4, 0.5) is 4.39 Å². The first-order chi connectivity index (χ1) is 10.9. The van der Waals surface area contributed by atoms with Crippen molar-refractivity contribution in [2.75, 3.05) is 6.61 Å². The van der Waals surface area contributed by atoms with Crippen molar-refractivity contribution in [1.29, 1.82) is 0 Å². The van der Waals surface area contributed by atoms with Crippen molar-refractivity contribution in [2.45, 2.75) is 38.6 Å². The average molecular weight is 362 g/mol. The van der Waals surface area contributed by atoms with Gasteiger partial charge in [-0.2, -0.15) is 0 Å². The molecule has 1 N–H and O–H groups in total. The molecule has 4 nitrogen and oxygen atoms in total. The molecule has 0 aliphatic heterocycles. The molecule has 0 heterocycles. The highest BCUT2D eigenvalue weighted by Crippen LogP contribution is 2.25. The standard InChI is InChI=1S/C16H18Cl2FNO3/c1-9-4-2-3-5-14(9)20-15(21)8-23-16(22)10-6-13(19)12(18)7-11(10)17/h6-7,9,14H,2-5,8H2,1H3,(H,20,21)/t9-,14+/m0/s1. The van der Waals surface area contributed by atoms with E-state index in [2.05, 4.69) is 12.2 Å². The van der Waals surface area contributed by atoms with Crippen LogP contribution in [0.5, 0.6) is 0 Å². The summed E-state index contributed by atoms with van der Waals surface area (Å²) >= 11 is 11.4. The monoisotopic (exact) mass is 361 g/mol. The van der Waals surface area contributed by atoms with E-state index in [0.717, 1.165) is 31.4 Å². The molecule has 2 atom stereocenters. The summed E-state index contributed by atoms with van der Waals surface area (Å²) in [6.45, 7) is 1.66. The van der Waals surface area contributed by atoms with E-state index in [4.69, 9.17) is 27.9 Å². The summed E-state index contributed by atoms with van der Waals surface area (Å²) < 4.78 is 18.3. The first kappa shape index (κ1) is 18.0. The summed E-state index contributed by atoms with van der Waals surface area (Å²) in [7, 11) is 0. The lowest BCUT2D eigenvalue weighted by Crippen LogP contribution is -2.42. The molecule has 0 radical (unpaired) electrons. The molecule has 0 bridgehead atoms. The minimum Gasteiger partial charge on any atom is -0.452 e. The smallest absolute Gasteiger partial charge is 0.340 e. The van der Waals surface area contributed by atoms with Crippen LogP contribution >= 0.6 is 23.2 Å². The van der Waals surface area contributed by atoms with Gasteiger partial charge in [0.2, 0.25) is 0 Å². The van der Waals surface area contributed by atoms with Crippen LogP contribution in [0.2, 0.25) is 10.0 Å². The third-order valence-corrected chi connectivity index (χ3v) is 4.62. The number of ether oxygens (including phenoxy) is 1. The van der Waals surface area contributed by atoms with E-state index in [9.17, 15) is 14.0 Å². The van der Waals surface area contributed by atoms with Crippen molar-refractivity contribution in [3.05, 3.63) is 33.6 Å². The summed E-state index contributed by atoms with van der Waals surface area (Å²) in [5.74, 6) is -1.60. The highest BCUT2D eigenvalue weighted by Gasteiger charge is 2.23.